The SMILES string of the molecule is Cc1ccc(Nc2ncc(-c3cccs3)s2)cc1. The normalized spacial score (nSPS) is 10.5. The summed E-state index contributed by atoms with van der Waals surface area (Å²) in [4.78, 5) is 6.88. The first kappa shape index (κ1) is 11.4. The average Bonchev–Trinajstić information content (AvgIpc) is 3.02. The number of hydrogen-bond acceptors (Lipinski definition) is 4. The molecule has 2 aromatic heterocycles. The molecule has 1 N–H and O–H groups in total. The van der Waals surface area contributed by atoms with Crippen LogP contribution in [0.4, 0.5) is 10.8 Å². The standard InChI is InChI=1S/C14H12N2S2/c1-10-4-6-11(7-5-10)16-14-15-9-13(18-14)12-3-2-8-17-12/h2-9H,1H3,(H,15,16). The third-order valence-electron chi connectivity index (χ3n) is 2.57. The van der Waals surface area contributed by atoms with Crippen LogP contribution in [0.2, 0.25) is 0 Å². The summed E-state index contributed by atoms with van der Waals surface area (Å²) in [7, 11) is 0. The summed E-state index contributed by atoms with van der Waals surface area (Å²) in [5.74, 6) is 0. The summed E-state index contributed by atoms with van der Waals surface area (Å²) in [6.07, 6.45) is 1.92. The predicted octanol–water partition coefficient (Wildman–Crippen LogP) is 4.92. The van der Waals surface area contributed by atoms with Crippen LogP contribution < -0.4 is 5.32 Å². The number of thiazole rings is 1. The van der Waals surface area contributed by atoms with Gasteiger partial charge in [0.15, 0.2) is 5.13 Å². The van der Waals surface area contributed by atoms with Gasteiger partial charge >= 0.3 is 0 Å². The van der Waals surface area contributed by atoms with E-state index in [1.807, 2.05) is 6.20 Å². The number of rotatable bonds is 3. The molecule has 0 aliphatic carbocycles. The van der Waals surface area contributed by atoms with Gasteiger partial charge in [0.2, 0.25) is 0 Å². The maximum atomic E-state index is 4.40. The molecule has 0 bridgehead atoms. The van der Waals surface area contributed by atoms with Crippen LogP contribution >= 0.6 is 22.7 Å². The van der Waals surface area contributed by atoms with Crippen molar-refractivity contribution in [2.24, 2.45) is 0 Å². The number of nitrogens with zero attached hydrogens (tertiary/aromatic N) is 1. The van der Waals surface area contributed by atoms with Gasteiger partial charge in [0, 0.05) is 16.8 Å². The van der Waals surface area contributed by atoms with Crippen LogP contribution in [-0.4, -0.2) is 4.98 Å². The number of nitrogens with one attached hydrogen (secondary N) is 1. The molecule has 90 valence electrons. The van der Waals surface area contributed by atoms with Gasteiger partial charge in [-0.3, -0.25) is 0 Å². The summed E-state index contributed by atoms with van der Waals surface area (Å²) in [6, 6.07) is 12.5. The van der Waals surface area contributed by atoms with Gasteiger partial charge in [-0.15, -0.1) is 11.3 Å². The lowest BCUT2D eigenvalue weighted by atomic mass is 10.2. The van der Waals surface area contributed by atoms with E-state index in [4.69, 9.17) is 0 Å². The highest BCUT2D eigenvalue weighted by Crippen LogP contribution is 2.33. The fourth-order valence-electron chi connectivity index (χ4n) is 1.62. The molecule has 0 spiro atoms. The second-order valence-electron chi connectivity index (χ2n) is 4.00. The lowest BCUT2D eigenvalue weighted by Gasteiger charge is -2.01. The number of hydrogen-bond donors (Lipinski definition) is 1. The van der Waals surface area contributed by atoms with Gasteiger partial charge in [0.1, 0.15) is 0 Å². The minimum absolute atomic E-state index is 0.933. The molecule has 0 saturated heterocycles. The van der Waals surface area contributed by atoms with Crippen LogP contribution in [0.3, 0.4) is 0 Å². The fourth-order valence-corrected chi connectivity index (χ4v) is 3.28. The quantitative estimate of drug-likeness (QED) is 0.731. The lowest BCUT2D eigenvalue weighted by molar-refractivity contribution is 1.38. The van der Waals surface area contributed by atoms with Gasteiger partial charge in [-0.1, -0.05) is 35.1 Å². The van der Waals surface area contributed by atoms with Crippen molar-refractivity contribution in [2.75, 3.05) is 5.32 Å². The van der Waals surface area contributed by atoms with E-state index in [1.165, 1.54) is 15.3 Å². The lowest BCUT2D eigenvalue weighted by Crippen LogP contribution is -1.88. The van der Waals surface area contributed by atoms with Crippen molar-refractivity contribution in [2.45, 2.75) is 6.92 Å². The molecule has 2 nitrogen and oxygen atoms in total. The third kappa shape index (κ3) is 2.44. The van der Waals surface area contributed by atoms with Crippen molar-refractivity contribution < 1.29 is 0 Å². The predicted molar refractivity (Wildman–Crippen MR) is 79.9 cm³/mol. The molecule has 0 amide bonds. The van der Waals surface area contributed by atoms with E-state index in [0.29, 0.717) is 0 Å². The number of anilines is 2. The molecule has 0 aliphatic heterocycles. The van der Waals surface area contributed by atoms with Gasteiger partial charge in [0.05, 0.1) is 4.88 Å². The van der Waals surface area contributed by atoms with E-state index >= 15 is 0 Å². The highest BCUT2D eigenvalue weighted by molar-refractivity contribution is 7.23. The van der Waals surface area contributed by atoms with Crippen LogP contribution in [-0.2, 0) is 0 Å². The summed E-state index contributed by atoms with van der Waals surface area (Å²) >= 11 is 3.42. The van der Waals surface area contributed by atoms with Gasteiger partial charge in [-0.2, -0.15) is 0 Å². The minimum atomic E-state index is 0.933. The van der Waals surface area contributed by atoms with E-state index in [0.717, 1.165) is 10.8 Å². The van der Waals surface area contributed by atoms with Crippen molar-refractivity contribution in [3.8, 4) is 9.75 Å². The van der Waals surface area contributed by atoms with Crippen LogP contribution in [0.1, 0.15) is 5.56 Å². The Labute approximate surface area is 114 Å². The monoisotopic (exact) mass is 272 g/mol. The fraction of sp³-hybridized carbons (Fsp3) is 0.0714. The van der Waals surface area contributed by atoms with Crippen molar-refractivity contribution in [3.63, 3.8) is 0 Å². The number of aryl methyl sites for hydroxylation is 1. The van der Waals surface area contributed by atoms with E-state index in [9.17, 15) is 0 Å². The Balaban J connectivity index is 1.80. The van der Waals surface area contributed by atoms with E-state index < -0.39 is 0 Å². The van der Waals surface area contributed by atoms with E-state index in [1.54, 1.807) is 22.7 Å². The first-order valence-corrected chi connectivity index (χ1v) is 7.34. The van der Waals surface area contributed by atoms with Crippen LogP contribution in [0.15, 0.2) is 48.0 Å². The number of thiophene rings is 1. The van der Waals surface area contributed by atoms with Gasteiger partial charge < -0.3 is 5.32 Å². The molecule has 4 heteroatoms. The highest BCUT2D eigenvalue weighted by Gasteiger charge is 2.05. The van der Waals surface area contributed by atoms with E-state index in [-0.39, 0.29) is 0 Å². The molecule has 0 atom stereocenters. The molecule has 0 radical (unpaired) electrons. The number of aromatic nitrogens is 1. The van der Waals surface area contributed by atoms with Crippen molar-refractivity contribution in [3.05, 3.63) is 53.5 Å². The van der Waals surface area contributed by atoms with Crippen LogP contribution in [0, 0.1) is 6.92 Å². The topological polar surface area (TPSA) is 24.9 Å². The van der Waals surface area contributed by atoms with Crippen molar-refractivity contribution in [1.29, 1.82) is 0 Å². The summed E-state index contributed by atoms with van der Waals surface area (Å²) in [5, 5.41) is 6.34. The first-order valence-electron chi connectivity index (χ1n) is 5.65. The first-order chi connectivity index (χ1) is 8.81. The van der Waals surface area contributed by atoms with Crippen LogP contribution in [0.25, 0.3) is 9.75 Å². The maximum absolute atomic E-state index is 4.40. The Morgan fingerprint density at radius 1 is 1.06 bits per heavy atom. The third-order valence-corrected chi connectivity index (χ3v) is 4.55. The van der Waals surface area contributed by atoms with E-state index in [2.05, 4.69) is 59.0 Å². The molecule has 2 heterocycles. The Kier molecular flexibility index (Phi) is 3.13. The van der Waals surface area contributed by atoms with Crippen molar-refractivity contribution in [1.82, 2.24) is 4.98 Å². The molecular formula is C14H12N2S2. The zero-order valence-electron chi connectivity index (χ0n) is 9.88. The van der Waals surface area contributed by atoms with Gasteiger partial charge in [0.25, 0.3) is 0 Å². The Morgan fingerprint density at radius 2 is 1.89 bits per heavy atom. The minimum Gasteiger partial charge on any atom is -0.332 e. The molecular weight excluding hydrogens is 260 g/mol. The molecule has 0 fully saturated rings. The molecule has 18 heavy (non-hydrogen) atoms. The molecule has 3 rings (SSSR count). The molecule has 0 saturated carbocycles. The summed E-state index contributed by atoms with van der Waals surface area (Å²) in [6.45, 7) is 2.09. The molecule has 3 aromatic rings. The van der Waals surface area contributed by atoms with Crippen LogP contribution in [0.5, 0.6) is 0 Å². The smallest absolute Gasteiger partial charge is 0.187 e. The molecule has 1 aromatic carbocycles. The highest BCUT2D eigenvalue weighted by atomic mass is 32.1. The zero-order chi connectivity index (χ0) is 12.4. The zero-order valence-corrected chi connectivity index (χ0v) is 11.5. The Morgan fingerprint density at radius 3 is 2.61 bits per heavy atom. The maximum Gasteiger partial charge on any atom is 0.187 e. The second-order valence-corrected chi connectivity index (χ2v) is 5.98. The largest absolute Gasteiger partial charge is 0.332 e. The van der Waals surface area contributed by atoms with Gasteiger partial charge in [-0.25, -0.2) is 4.98 Å². The number of benzene rings is 1. The average molecular weight is 272 g/mol. The summed E-state index contributed by atoms with van der Waals surface area (Å²) in [5.41, 5.74) is 2.34. The van der Waals surface area contributed by atoms with Crippen molar-refractivity contribution >= 4 is 33.5 Å². The molecule has 0 unspecified atom stereocenters. The van der Waals surface area contributed by atoms with Gasteiger partial charge in [-0.05, 0) is 30.5 Å². The summed E-state index contributed by atoms with van der Waals surface area (Å²) < 4.78 is 0. The second kappa shape index (κ2) is 4.92. The Hall–Kier alpha value is -1.65. The Bertz CT molecular complexity index is 624. The molecule has 0 aliphatic rings.